The fourth-order valence-electron chi connectivity index (χ4n) is 2.19. The molecule has 0 saturated carbocycles. The predicted molar refractivity (Wildman–Crippen MR) is 69.7 cm³/mol. The molecule has 2 aromatic rings. The van der Waals surface area contributed by atoms with Gasteiger partial charge in [-0.05, 0) is 30.8 Å². The van der Waals surface area contributed by atoms with Gasteiger partial charge in [0.15, 0.2) is 0 Å². The van der Waals surface area contributed by atoms with Crippen molar-refractivity contribution in [3.63, 3.8) is 0 Å². The van der Waals surface area contributed by atoms with Crippen molar-refractivity contribution in [3.05, 3.63) is 53.2 Å². The molecule has 0 unspecified atom stereocenters. The Balaban J connectivity index is 2.37. The zero-order valence-corrected chi connectivity index (χ0v) is 11.8. The molecule has 9 heteroatoms. The van der Waals surface area contributed by atoms with E-state index in [0.29, 0.717) is 17.8 Å². The molecule has 2 rings (SSSR count). The molecule has 0 amide bonds. The lowest BCUT2D eigenvalue weighted by Crippen LogP contribution is -2.31. The van der Waals surface area contributed by atoms with Crippen molar-refractivity contribution in [3.8, 4) is 0 Å². The molecule has 0 aliphatic heterocycles. The van der Waals surface area contributed by atoms with Gasteiger partial charge in [0, 0.05) is 12.6 Å². The number of benzene rings is 1. The molecular formula is C14H12F4N2O3. The molecule has 1 aromatic heterocycles. The summed E-state index contributed by atoms with van der Waals surface area (Å²) >= 11 is 0. The van der Waals surface area contributed by atoms with E-state index >= 15 is 0 Å². The van der Waals surface area contributed by atoms with E-state index in [1.165, 1.54) is 24.3 Å². The van der Waals surface area contributed by atoms with E-state index in [9.17, 15) is 27.5 Å². The van der Waals surface area contributed by atoms with E-state index in [-0.39, 0.29) is 12.1 Å². The molecule has 1 heterocycles. The minimum Gasteiger partial charge on any atom is -0.480 e. The van der Waals surface area contributed by atoms with Gasteiger partial charge in [-0.1, -0.05) is 5.16 Å². The first kappa shape index (κ1) is 16.9. The highest BCUT2D eigenvalue weighted by Crippen LogP contribution is 2.33. The topological polar surface area (TPSA) is 66.6 Å². The Hall–Kier alpha value is -2.42. The first-order valence-electron chi connectivity index (χ1n) is 6.38. The van der Waals surface area contributed by atoms with E-state index in [4.69, 9.17) is 0 Å². The van der Waals surface area contributed by atoms with Crippen LogP contribution in [0, 0.1) is 5.82 Å². The number of alkyl halides is 3. The molecule has 0 saturated heterocycles. The van der Waals surface area contributed by atoms with Crippen LogP contribution in [0.4, 0.5) is 17.6 Å². The number of carbonyl (C=O) groups is 1. The second kappa shape index (κ2) is 6.37. The Kier molecular flexibility index (Phi) is 4.69. The van der Waals surface area contributed by atoms with Crippen LogP contribution in [-0.2, 0) is 17.5 Å². The van der Waals surface area contributed by atoms with Crippen LogP contribution in [0.2, 0.25) is 0 Å². The van der Waals surface area contributed by atoms with Crippen molar-refractivity contribution in [2.24, 2.45) is 0 Å². The number of hydrogen-bond donors (Lipinski definition) is 1. The average Bonchev–Trinajstić information content (AvgIpc) is 2.89. The number of nitrogens with zero attached hydrogens (tertiary/aromatic N) is 2. The van der Waals surface area contributed by atoms with E-state index in [2.05, 4.69) is 9.68 Å². The molecule has 1 N–H and O–H groups in total. The summed E-state index contributed by atoms with van der Waals surface area (Å²) in [4.78, 5) is 12.7. The third-order valence-electron chi connectivity index (χ3n) is 3.14. The van der Waals surface area contributed by atoms with Crippen LogP contribution in [-0.4, -0.2) is 28.2 Å². The number of aliphatic carboxylic acids is 1. The first-order chi connectivity index (χ1) is 10.7. The maximum atomic E-state index is 13.5. The van der Waals surface area contributed by atoms with Crippen LogP contribution in [0.5, 0.6) is 0 Å². The van der Waals surface area contributed by atoms with Crippen molar-refractivity contribution in [1.82, 2.24) is 10.1 Å². The molecule has 0 radical (unpaired) electrons. The summed E-state index contributed by atoms with van der Waals surface area (Å²) in [5.74, 6) is -2.56. The standard InChI is InChI=1S/C14H12F4N2O3/c1-20(7-11-2-3-23-19-11)12(13(21)22)8-4-9(14(16,17)18)6-10(15)5-8/h2-6,12H,7H2,1H3,(H,21,22)/t12-/m1/s1. The third-order valence-corrected chi connectivity index (χ3v) is 3.14. The lowest BCUT2D eigenvalue weighted by Gasteiger charge is -2.24. The van der Waals surface area contributed by atoms with Crippen molar-refractivity contribution in [2.45, 2.75) is 18.8 Å². The van der Waals surface area contributed by atoms with E-state index < -0.39 is 29.6 Å². The van der Waals surface area contributed by atoms with E-state index in [1.807, 2.05) is 0 Å². The number of hydrogen-bond acceptors (Lipinski definition) is 4. The number of carboxylic acids is 1. The lowest BCUT2D eigenvalue weighted by molar-refractivity contribution is -0.144. The van der Waals surface area contributed by atoms with Crippen molar-refractivity contribution >= 4 is 5.97 Å². The maximum absolute atomic E-state index is 13.5. The molecule has 5 nitrogen and oxygen atoms in total. The quantitative estimate of drug-likeness (QED) is 0.852. The molecule has 0 spiro atoms. The van der Waals surface area contributed by atoms with E-state index in [0.717, 1.165) is 6.07 Å². The highest BCUT2D eigenvalue weighted by atomic mass is 19.4. The minimum atomic E-state index is -4.77. The van der Waals surface area contributed by atoms with Crippen LogP contribution in [0.25, 0.3) is 0 Å². The lowest BCUT2D eigenvalue weighted by atomic mass is 10.0. The summed E-state index contributed by atoms with van der Waals surface area (Å²) in [6.07, 6.45) is -3.49. The number of rotatable bonds is 5. The van der Waals surface area contributed by atoms with E-state index in [1.54, 1.807) is 0 Å². The van der Waals surface area contributed by atoms with Crippen LogP contribution >= 0.6 is 0 Å². The van der Waals surface area contributed by atoms with Gasteiger partial charge >= 0.3 is 12.1 Å². The zero-order chi connectivity index (χ0) is 17.2. The molecular weight excluding hydrogens is 320 g/mol. The summed E-state index contributed by atoms with van der Waals surface area (Å²) in [5, 5.41) is 12.9. The van der Waals surface area contributed by atoms with Gasteiger partial charge in [-0.15, -0.1) is 0 Å². The van der Waals surface area contributed by atoms with Gasteiger partial charge in [-0.25, -0.2) is 4.39 Å². The van der Waals surface area contributed by atoms with Crippen molar-refractivity contribution in [2.75, 3.05) is 7.05 Å². The molecule has 23 heavy (non-hydrogen) atoms. The smallest absolute Gasteiger partial charge is 0.416 e. The fraction of sp³-hybridized carbons (Fsp3) is 0.286. The SMILES string of the molecule is CN(Cc1ccon1)[C@@H](C(=O)O)c1cc(F)cc(C(F)(F)F)c1. The average molecular weight is 332 g/mol. The summed E-state index contributed by atoms with van der Waals surface area (Å²) in [7, 11) is 1.38. The normalized spacial score (nSPS) is 13.3. The summed E-state index contributed by atoms with van der Waals surface area (Å²) in [6, 6.07) is 1.74. The second-order valence-electron chi connectivity index (χ2n) is 4.92. The van der Waals surface area contributed by atoms with Gasteiger partial charge in [0.25, 0.3) is 0 Å². The molecule has 0 aliphatic carbocycles. The van der Waals surface area contributed by atoms with Crippen LogP contribution in [0.15, 0.2) is 35.1 Å². The molecule has 1 atom stereocenters. The second-order valence-corrected chi connectivity index (χ2v) is 4.92. The number of carboxylic acid groups (broad SMARTS) is 1. The van der Waals surface area contributed by atoms with Gasteiger partial charge in [-0.2, -0.15) is 13.2 Å². The fourth-order valence-corrected chi connectivity index (χ4v) is 2.19. The number of likely N-dealkylation sites (N-methyl/N-ethyl adjacent to an activating group) is 1. The van der Waals surface area contributed by atoms with Gasteiger partial charge in [0.2, 0.25) is 0 Å². The van der Waals surface area contributed by atoms with Crippen LogP contribution < -0.4 is 0 Å². The monoisotopic (exact) mass is 332 g/mol. The number of halogens is 4. The largest absolute Gasteiger partial charge is 0.480 e. The van der Waals surface area contributed by atoms with Crippen LogP contribution in [0.1, 0.15) is 22.9 Å². The van der Waals surface area contributed by atoms with Gasteiger partial charge in [0.05, 0.1) is 11.3 Å². The minimum absolute atomic E-state index is 0.00529. The first-order valence-corrected chi connectivity index (χ1v) is 6.38. The highest BCUT2D eigenvalue weighted by Gasteiger charge is 2.34. The molecule has 0 fully saturated rings. The van der Waals surface area contributed by atoms with Gasteiger partial charge in [0.1, 0.15) is 18.1 Å². The Bertz CT molecular complexity index is 686. The van der Waals surface area contributed by atoms with Crippen LogP contribution in [0.3, 0.4) is 0 Å². The molecule has 0 aliphatic rings. The molecule has 1 aromatic carbocycles. The summed E-state index contributed by atoms with van der Waals surface area (Å²) in [5.41, 5.74) is -1.16. The zero-order valence-electron chi connectivity index (χ0n) is 11.8. The van der Waals surface area contributed by atoms with Gasteiger partial charge in [-0.3, -0.25) is 9.69 Å². The summed E-state index contributed by atoms with van der Waals surface area (Å²) in [6.45, 7) is 0.00529. The predicted octanol–water partition coefficient (Wildman–Crippen LogP) is 3.09. The Morgan fingerprint density at radius 1 is 1.39 bits per heavy atom. The maximum Gasteiger partial charge on any atom is 0.416 e. The Morgan fingerprint density at radius 2 is 2.09 bits per heavy atom. The van der Waals surface area contributed by atoms with Crippen molar-refractivity contribution in [1.29, 1.82) is 0 Å². The number of aromatic nitrogens is 1. The third kappa shape index (κ3) is 4.07. The van der Waals surface area contributed by atoms with Gasteiger partial charge < -0.3 is 9.63 Å². The summed E-state index contributed by atoms with van der Waals surface area (Å²) < 4.78 is 56.4. The Labute approximate surface area is 128 Å². The highest BCUT2D eigenvalue weighted by molar-refractivity contribution is 5.75. The Morgan fingerprint density at radius 3 is 2.61 bits per heavy atom. The molecule has 124 valence electrons. The van der Waals surface area contributed by atoms with Crippen molar-refractivity contribution < 1.29 is 32.0 Å². The molecule has 0 bridgehead atoms.